The van der Waals surface area contributed by atoms with Crippen LogP contribution in [-0.4, -0.2) is 15.5 Å². The third-order valence-electron chi connectivity index (χ3n) is 4.89. The quantitative estimate of drug-likeness (QED) is 0.618. The van der Waals surface area contributed by atoms with Gasteiger partial charge in [-0.15, -0.1) is 0 Å². The number of fused-ring (bicyclic) bond motifs is 1. The number of halogens is 4. The molecule has 3 rings (SSSR count). The number of alkyl halides is 3. The summed E-state index contributed by atoms with van der Waals surface area (Å²) in [5.41, 5.74) is -1.15. The summed E-state index contributed by atoms with van der Waals surface area (Å²) >= 11 is 0. The van der Waals surface area contributed by atoms with E-state index in [-0.39, 0.29) is 23.1 Å². The largest absolute Gasteiger partial charge is 0.438 e. The molecule has 0 radical (unpaired) electrons. The zero-order valence-corrected chi connectivity index (χ0v) is 16.5. The van der Waals surface area contributed by atoms with Crippen molar-refractivity contribution in [2.45, 2.75) is 39.4 Å². The molecular formula is C21H19F4N3O2. The highest BCUT2D eigenvalue weighted by Gasteiger charge is 2.38. The first kappa shape index (κ1) is 21.5. The van der Waals surface area contributed by atoms with E-state index in [2.05, 4.69) is 10.3 Å². The van der Waals surface area contributed by atoms with E-state index < -0.39 is 35.2 Å². The fraction of sp³-hybridized carbons (Fsp3) is 0.286. The SMILES string of the molecule is CC[C@H](C(=O)Nc1ccc(F)cc1)n1c(=O)c(C(F)(F)F)nc2cc(C)c(C)cc21. The van der Waals surface area contributed by atoms with Crippen molar-refractivity contribution in [2.75, 3.05) is 5.32 Å². The van der Waals surface area contributed by atoms with Crippen LogP contribution >= 0.6 is 0 Å². The molecule has 1 aromatic heterocycles. The molecule has 0 bridgehead atoms. The number of carbonyl (C=O) groups is 1. The fourth-order valence-corrected chi connectivity index (χ4v) is 3.20. The number of carbonyl (C=O) groups excluding carboxylic acids is 1. The zero-order valence-electron chi connectivity index (χ0n) is 16.5. The number of benzene rings is 2. The summed E-state index contributed by atoms with van der Waals surface area (Å²) < 4.78 is 54.4. The normalized spacial score (nSPS) is 12.8. The Morgan fingerprint density at radius 2 is 1.73 bits per heavy atom. The minimum Gasteiger partial charge on any atom is -0.324 e. The topological polar surface area (TPSA) is 64.0 Å². The van der Waals surface area contributed by atoms with Crippen molar-refractivity contribution in [1.29, 1.82) is 0 Å². The van der Waals surface area contributed by atoms with Gasteiger partial charge >= 0.3 is 6.18 Å². The van der Waals surface area contributed by atoms with Crippen LogP contribution < -0.4 is 10.9 Å². The molecule has 0 aliphatic rings. The molecule has 0 saturated carbocycles. The van der Waals surface area contributed by atoms with E-state index in [1.165, 1.54) is 18.2 Å². The van der Waals surface area contributed by atoms with Gasteiger partial charge in [-0.25, -0.2) is 9.37 Å². The first-order valence-electron chi connectivity index (χ1n) is 9.20. The Bertz CT molecular complexity index is 1170. The maximum Gasteiger partial charge on any atom is 0.438 e. The fourth-order valence-electron chi connectivity index (χ4n) is 3.20. The van der Waals surface area contributed by atoms with Crippen molar-refractivity contribution >= 4 is 22.6 Å². The molecule has 158 valence electrons. The van der Waals surface area contributed by atoms with Crippen molar-refractivity contribution in [2.24, 2.45) is 0 Å². The van der Waals surface area contributed by atoms with Gasteiger partial charge in [0.05, 0.1) is 11.0 Å². The Kier molecular flexibility index (Phi) is 5.65. The monoisotopic (exact) mass is 421 g/mol. The van der Waals surface area contributed by atoms with Gasteiger partial charge in [0.1, 0.15) is 11.9 Å². The van der Waals surface area contributed by atoms with Crippen LogP contribution in [0.3, 0.4) is 0 Å². The van der Waals surface area contributed by atoms with Crippen molar-refractivity contribution in [3.63, 3.8) is 0 Å². The molecule has 0 aliphatic carbocycles. The summed E-state index contributed by atoms with van der Waals surface area (Å²) in [4.78, 5) is 29.2. The van der Waals surface area contributed by atoms with Crippen LogP contribution in [0, 0.1) is 19.7 Å². The third kappa shape index (κ3) is 4.05. The molecule has 0 aliphatic heterocycles. The highest BCUT2D eigenvalue weighted by Crippen LogP contribution is 2.29. The number of hydrogen-bond donors (Lipinski definition) is 1. The number of aryl methyl sites for hydroxylation is 2. The minimum absolute atomic E-state index is 0.0296. The molecule has 1 heterocycles. The Balaban J connectivity index is 2.21. The molecule has 0 saturated heterocycles. The Morgan fingerprint density at radius 3 is 2.30 bits per heavy atom. The zero-order chi connectivity index (χ0) is 22.2. The molecule has 2 aromatic carbocycles. The third-order valence-corrected chi connectivity index (χ3v) is 4.89. The van der Waals surface area contributed by atoms with Gasteiger partial charge in [0.15, 0.2) is 0 Å². The lowest BCUT2D eigenvalue weighted by atomic mass is 10.1. The second-order valence-corrected chi connectivity index (χ2v) is 6.98. The van der Waals surface area contributed by atoms with Crippen molar-refractivity contribution < 1.29 is 22.4 Å². The summed E-state index contributed by atoms with van der Waals surface area (Å²) in [6.07, 6.45) is -4.92. The molecule has 3 aromatic rings. The molecular weight excluding hydrogens is 402 g/mol. The van der Waals surface area contributed by atoms with Crippen LogP contribution in [0.1, 0.15) is 36.2 Å². The van der Waals surface area contributed by atoms with Crippen molar-refractivity contribution in [3.8, 4) is 0 Å². The molecule has 30 heavy (non-hydrogen) atoms. The summed E-state index contributed by atoms with van der Waals surface area (Å²) in [5.74, 6) is -1.19. The highest BCUT2D eigenvalue weighted by molar-refractivity contribution is 5.94. The summed E-state index contributed by atoms with van der Waals surface area (Å²) in [5, 5.41) is 2.53. The van der Waals surface area contributed by atoms with Crippen LogP contribution in [0.4, 0.5) is 23.2 Å². The van der Waals surface area contributed by atoms with Crippen LogP contribution in [0.25, 0.3) is 11.0 Å². The van der Waals surface area contributed by atoms with E-state index in [0.29, 0.717) is 5.56 Å². The number of rotatable bonds is 4. The first-order chi connectivity index (χ1) is 14.0. The lowest BCUT2D eigenvalue weighted by molar-refractivity contribution is -0.142. The van der Waals surface area contributed by atoms with E-state index in [9.17, 15) is 27.2 Å². The number of anilines is 1. The smallest absolute Gasteiger partial charge is 0.324 e. The molecule has 9 heteroatoms. The maximum atomic E-state index is 13.5. The van der Waals surface area contributed by atoms with Crippen LogP contribution in [0.2, 0.25) is 0 Å². The van der Waals surface area contributed by atoms with E-state index in [1.807, 2.05) is 0 Å². The molecule has 1 amide bonds. The average molecular weight is 421 g/mol. The summed E-state index contributed by atoms with van der Waals surface area (Å²) in [6.45, 7) is 5.06. The number of amides is 1. The van der Waals surface area contributed by atoms with Gasteiger partial charge < -0.3 is 5.32 Å². The van der Waals surface area contributed by atoms with Gasteiger partial charge in [-0.3, -0.25) is 14.2 Å². The predicted molar refractivity (Wildman–Crippen MR) is 105 cm³/mol. The molecule has 1 N–H and O–H groups in total. The molecule has 0 fully saturated rings. The van der Waals surface area contributed by atoms with Crippen LogP contribution in [0.5, 0.6) is 0 Å². The number of nitrogens with one attached hydrogen (secondary N) is 1. The molecule has 5 nitrogen and oxygen atoms in total. The first-order valence-corrected chi connectivity index (χ1v) is 9.20. The van der Waals surface area contributed by atoms with E-state index in [0.717, 1.165) is 22.3 Å². The van der Waals surface area contributed by atoms with Gasteiger partial charge in [0.25, 0.3) is 5.56 Å². The molecule has 1 atom stereocenters. The van der Waals surface area contributed by atoms with Crippen LogP contribution in [0.15, 0.2) is 41.2 Å². The predicted octanol–water partition coefficient (Wildman–Crippen LogP) is 4.76. The highest BCUT2D eigenvalue weighted by atomic mass is 19.4. The van der Waals surface area contributed by atoms with Gasteiger partial charge in [0, 0.05) is 5.69 Å². The van der Waals surface area contributed by atoms with Gasteiger partial charge in [-0.1, -0.05) is 6.92 Å². The second kappa shape index (κ2) is 7.89. The van der Waals surface area contributed by atoms with E-state index >= 15 is 0 Å². The van der Waals surface area contributed by atoms with Gasteiger partial charge in [-0.05, 0) is 67.8 Å². The number of aromatic nitrogens is 2. The van der Waals surface area contributed by atoms with E-state index in [4.69, 9.17) is 0 Å². The Morgan fingerprint density at radius 1 is 1.13 bits per heavy atom. The minimum atomic E-state index is -4.97. The average Bonchev–Trinajstić information content (AvgIpc) is 2.66. The van der Waals surface area contributed by atoms with Crippen molar-refractivity contribution in [3.05, 3.63) is 69.4 Å². The van der Waals surface area contributed by atoms with Gasteiger partial charge in [0.2, 0.25) is 11.6 Å². The lowest BCUT2D eigenvalue weighted by Gasteiger charge is -2.22. The second-order valence-electron chi connectivity index (χ2n) is 6.98. The number of nitrogens with zero attached hydrogens (tertiary/aromatic N) is 2. The van der Waals surface area contributed by atoms with E-state index in [1.54, 1.807) is 26.8 Å². The number of hydrogen-bond acceptors (Lipinski definition) is 3. The van der Waals surface area contributed by atoms with Gasteiger partial charge in [-0.2, -0.15) is 13.2 Å². The summed E-state index contributed by atoms with van der Waals surface area (Å²) in [6, 6.07) is 6.70. The standard InChI is InChI=1S/C21H19F4N3O2/c1-4-16(19(29)26-14-7-5-13(22)6-8-14)28-17-10-12(3)11(2)9-15(17)27-18(20(28)30)21(23,24)25/h5-10,16H,4H2,1-3H3,(H,26,29)/t16-/m1/s1. The molecule has 0 unspecified atom stereocenters. The molecule has 0 spiro atoms. The maximum absolute atomic E-state index is 13.5. The Labute approximate surface area is 169 Å². The Hall–Kier alpha value is -3.23. The van der Waals surface area contributed by atoms with Crippen LogP contribution in [-0.2, 0) is 11.0 Å². The summed E-state index contributed by atoms with van der Waals surface area (Å²) in [7, 11) is 0. The van der Waals surface area contributed by atoms with Crippen molar-refractivity contribution in [1.82, 2.24) is 9.55 Å². The lowest BCUT2D eigenvalue weighted by Crippen LogP contribution is -2.37.